The van der Waals surface area contributed by atoms with Gasteiger partial charge in [-0.15, -0.1) is 0 Å². The predicted octanol–water partition coefficient (Wildman–Crippen LogP) is 9.61. The number of hydrogen-bond donors (Lipinski definition) is 0. The van der Waals surface area contributed by atoms with E-state index in [1.54, 1.807) is 25.7 Å². The Morgan fingerprint density at radius 2 is 0.528 bits per heavy atom. The van der Waals surface area contributed by atoms with Crippen molar-refractivity contribution in [1.29, 1.82) is 0 Å². The van der Waals surface area contributed by atoms with Gasteiger partial charge in [-0.2, -0.15) is 0 Å². The molecule has 2 rings (SSSR count). The first-order valence-corrected chi connectivity index (χ1v) is 47.8. The summed E-state index contributed by atoms with van der Waals surface area (Å²) in [5.74, 6) is 0. The van der Waals surface area contributed by atoms with E-state index in [9.17, 15) is 0 Å². The number of rotatable bonds is 7. The Bertz CT molecular complexity index is 755. The molecule has 2 heterocycles. The Morgan fingerprint density at radius 3 is 0.639 bits per heavy atom. The van der Waals surface area contributed by atoms with Crippen LogP contribution < -0.4 is 0 Å². The molecule has 0 amide bonds. The summed E-state index contributed by atoms with van der Waals surface area (Å²) in [7, 11) is -7.33. The molecule has 36 heavy (non-hydrogen) atoms. The van der Waals surface area contributed by atoms with Crippen LogP contribution in [0.25, 0.3) is 0 Å². The smallest absolute Gasteiger partial charge is 0.0503 e. The maximum Gasteiger partial charge on any atom is 0.0503 e. The van der Waals surface area contributed by atoms with Crippen LogP contribution in [0.5, 0.6) is 0 Å². The van der Waals surface area contributed by atoms with Gasteiger partial charge >= 0.3 is 0 Å². The molecule has 2 aliphatic rings. The molecular formula is C26H66Si10. The predicted molar refractivity (Wildman–Crippen MR) is 197 cm³/mol. The zero-order chi connectivity index (χ0) is 28.4. The third kappa shape index (κ3) is 7.71. The zero-order valence-corrected chi connectivity index (χ0v) is 38.1. The molecule has 0 aromatic carbocycles. The zero-order valence-electron chi connectivity index (χ0n) is 28.1. The molecule has 0 N–H and O–H groups in total. The molecule has 0 aromatic heterocycles. The van der Waals surface area contributed by atoms with Gasteiger partial charge in [-0.25, -0.2) is 0 Å². The van der Waals surface area contributed by atoms with Crippen molar-refractivity contribution in [2.24, 2.45) is 0 Å². The van der Waals surface area contributed by atoms with Crippen molar-refractivity contribution in [2.45, 2.75) is 164 Å². The highest BCUT2D eigenvalue weighted by atomic mass is 30.0. The minimum Gasteiger partial charge on any atom is -0.0694 e. The van der Waals surface area contributed by atoms with Crippen molar-refractivity contribution in [3.05, 3.63) is 0 Å². The summed E-state index contributed by atoms with van der Waals surface area (Å²) in [5, 5.41) is 4.98. The van der Waals surface area contributed by atoms with Crippen LogP contribution in [0.2, 0.25) is 139 Å². The van der Waals surface area contributed by atoms with Crippen molar-refractivity contribution in [1.82, 2.24) is 0 Å². The van der Waals surface area contributed by atoms with Crippen molar-refractivity contribution in [3.8, 4) is 0 Å². The Hall–Kier alpha value is 2.17. The van der Waals surface area contributed by atoms with E-state index in [0.717, 1.165) is 0 Å². The maximum atomic E-state index is 2.94. The van der Waals surface area contributed by atoms with E-state index in [1.165, 1.54) is 20.7 Å². The summed E-state index contributed by atoms with van der Waals surface area (Å²) in [6, 6.07) is 0. The molecule has 0 saturated carbocycles. The summed E-state index contributed by atoms with van der Waals surface area (Å²) < 4.78 is 0. The van der Waals surface area contributed by atoms with Gasteiger partial charge in [-0.05, 0) is 50.3 Å². The van der Waals surface area contributed by atoms with Crippen LogP contribution in [0.15, 0.2) is 0 Å². The van der Waals surface area contributed by atoms with Crippen LogP contribution in [0, 0.1) is 0 Å². The van der Waals surface area contributed by atoms with E-state index in [-0.39, 0.29) is 29.6 Å². The van der Waals surface area contributed by atoms with Crippen LogP contribution in [-0.4, -0.2) is 77.1 Å². The average molecular weight is 660 g/mol. The first kappa shape index (κ1) is 34.4. The molecule has 2 saturated heterocycles. The van der Waals surface area contributed by atoms with E-state index in [2.05, 4.69) is 118 Å². The van der Waals surface area contributed by atoms with Gasteiger partial charge in [0.25, 0.3) is 0 Å². The van der Waals surface area contributed by atoms with E-state index in [4.69, 9.17) is 0 Å². The van der Waals surface area contributed by atoms with Gasteiger partial charge in [-0.3, -0.25) is 0 Å². The lowest BCUT2D eigenvalue weighted by atomic mass is 10.4. The Labute approximate surface area is 239 Å². The molecule has 2 fully saturated rings. The van der Waals surface area contributed by atoms with Crippen LogP contribution in [0.4, 0.5) is 0 Å². The quantitative estimate of drug-likeness (QED) is 0.239. The number of hydrogen-bond acceptors (Lipinski definition) is 0. The highest BCUT2D eigenvalue weighted by Crippen LogP contribution is 2.49. The minimum atomic E-state index is -1.18. The molecule has 0 aliphatic carbocycles. The minimum absolute atomic E-state index is 0.198. The van der Waals surface area contributed by atoms with E-state index < -0.39 is 47.5 Å². The Balaban J connectivity index is 3.22. The van der Waals surface area contributed by atoms with Gasteiger partial charge in [-0.1, -0.05) is 144 Å². The third-order valence-corrected chi connectivity index (χ3v) is 119. The molecular weight excluding hydrogens is 593 g/mol. The first-order valence-electron chi connectivity index (χ1n) is 15.2. The van der Waals surface area contributed by atoms with E-state index >= 15 is 0 Å². The fourth-order valence-corrected chi connectivity index (χ4v) is 190. The standard InChI is InChI=1S/C26H66Si10/c1-31(2,3)23-19-20-24(32(4,5)6)27(23)29(35(13,14)15)30(36(16,17)18)28-25(33(7,8)9)21-22-26(28)34(10,11)12/h23-26H,19-22H2,1-18H3. The van der Waals surface area contributed by atoms with Crippen LogP contribution >= 0.6 is 0 Å². The normalized spacial score (nSPS) is 27.2. The lowest BCUT2D eigenvalue weighted by Crippen LogP contribution is -2.64. The fourth-order valence-electron chi connectivity index (χ4n) is 7.97. The highest BCUT2D eigenvalue weighted by molar-refractivity contribution is 7.78. The lowest BCUT2D eigenvalue weighted by molar-refractivity contribution is 0.853. The van der Waals surface area contributed by atoms with Crippen molar-refractivity contribution in [3.63, 3.8) is 0 Å². The highest BCUT2D eigenvalue weighted by Gasteiger charge is 2.52. The molecule has 0 radical (unpaired) electrons. The van der Waals surface area contributed by atoms with Crippen molar-refractivity contribution < 1.29 is 0 Å². The fraction of sp³-hybridized carbons (Fsp3) is 1.00. The SMILES string of the molecule is C[Si](C)(C)C1CCC([Si](C)(C)C)[Si]1=[Si]([Si](=[Si]1C([Si](C)(C)C)CCC1[Si](C)(C)C)[Si](C)(C)C)[Si](C)(C)C. The molecule has 2 aliphatic heterocycles. The summed E-state index contributed by atoms with van der Waals surface area (Å²) in [4.78, 5) is 0. The molecule has 210 valence electrons. The Kier molecular flexibility index (Phi) is 10.6. The van der Waals surface area contributed by atoms with Gasteiger partial charge in [0, 0.05) is 32.3 Å². The molecule has 0 aromatic rings. The second-order valence-corrected chi connectivity index (χ2v) is 88.6. The lowest BCUT2D eigenvalue weighted by Gasteiger charge is -2.43. The molecule has 0 bridgehead atoms. The van der Waals surface area contributed by atoms with Crippen molar-refractivity contribution in [2.75, 3.05) is 0 Å². The average Bonchev–Trinajstić information content (AvgIpc) is 3.19. The molecule has 0 spiro atoms. The molecule has 4 atom stereocenters. The van der Waals surface area contributed by atoms with E-state index in [1.807, 2.05) is 0 Å². The van der Waals surface area contributed by atoms with Gasteiger partial charge in [0.15, 0.2) is 0 Å². The van der Waals surface area contributed by atoms with Crippen LogP contribution in [0.3, 0.4) is 0 Å². The summed E-state index contributed by atoms with van der Waals surface area (Å²) in [6.07, 6.45) is 6.65. The largest absolute Gasteiger partial charge is 0.0694 e. The third-order valence-electron chi connectivity index (χ3n) is 9.50. The van der Waals surface area contributed by atoms with Gasteiger partial charge in [0.05, 0.1) is 15.2 Å². The van der Waals surface area contributed by atoms with Gasteiger partial charge < -0.3 is 0 Å². The van der Waals surface area contributed by atoms with Gasteiger partial charge in [0.2, 0.25) is 0 Å². The monoisotopic (exact) mass is 658 g/mol. The van der Waals surface area contributed by atoms with Crippen LogP contribution in [-0.2, 0) is 0 Å². The Morgan fingerprint density at radius 1 is 0.361 bits per heavy atom. The topological polar surface area (TPSA) is 0 Å². The van der Waals surface area contributed by atoms with Gasteiger partial charge in [0.1, 0.15) is 0 Å². The summed E-state index contributed by atoms with van der Waals surface area (Å²) in [6.45, 7) is 50.9. The second kappa shape index (κ2) is 11.1. The summed E-state index contributed by atoms with van der Waals surface area (Å²) >= 11 is 0. The molecule has 10 heteroatoms. The van der Waals surface area contributed by atoms with Crippen molar-refractivity contribution >= 4 is 77.1 Å². The van der Waals surface area contributed by atoms with Crippen LogP contribution in [0.1, 0.15) is 25.7 Å². The first-order chi connectivity index (χ1) is 15.7. The molecule has 0 nitrogen and oxygen atoms in total. The van der Waals surface area contributed by atoms with E-state index in [0.29, 0.717) is 0 Å². The summed E-state index contributed by atoms with van der Waals surface area (Å²) in [5.41, 5.74) is 0. The molecule has 4 unspecified atom stereocenters. The second-order valence-electron chi connectivity index (χ2n) is 19.0. The maximum absolute atomic E-state index is 2.94.